The number of aromatic carboxylic acids is 1. The number of fused-ring (bicyclic) bond motifs is 1. The number of hydrogen-bond donors (Lipinski definition) is 2. The number of H-pyrrole nitrogens is 1. The van der Waals surface area contributed by atoms with Crippen molar-refractivity contribution in [3.8, 4) is 0 Å². The summed E-state index contributed by atoms with van der Waals surface area (Å²) in [6, 6.07) is 1.83. The summed E-state index contributed by atoms with van der Waals surface area (Å²) in [7, 11) is 0. The highest BCUT2D eigenvalue weighted by molar-refractivity contribution is 6.03. The van der Waals surface area contributed by atoms with Crippen molar-refractivity contribution >= 4 is 16.9 Å². The molecule has 0 fully saturated rings. The molecular formula is C11H12N2O2. The van der Waals surface area contributed by atoms with Crippen LogP contribution < -0.4 is 0 Å². The molecule has 0 aromatic carbocycles. The minimum absolute atomic E-state index is 0.297. The van der Waals surface area contributed by atoms with E-state index >= 15 is 0 Å². The number of nitrogens with one attached hydrogen (secondary N) is 1. The maximum absolute atomic E-state index is 10.9. The minimum Gasteiger partial charge on any atom is -0.478 e. The van der Waals surface area contributed by atoms with Crippen LogP contribution in [0.2, 0.25) is 0 Å². The molecule has 0 radical (unpaired) electrons. The Balaban J connectivity index is 2.66. The standard InChI is InChI=1S/C11H12N2O2/c1-6(2)9-3-7-8(11(14)15)4-12-10(7)5-13-9/h3-6,12H,1-2H3,(H,14,15). The maximum Gasteiger partial charge on any atom is 0.337 e. The number of nitrogens with zero attached hydrogens (tertiary/aromatic N) is 1. The van der Waals surface area contributed by atoms with Crippen LogP contribution in [0.25, 0.3) is 10.9 Å². The highest BCUT2D eigenvalue weighted by Crippen LogP contribution is 2.21. The van der Waals surface area contributed by atoms with Gasteiger partial charge in [-0.05, 0) is 12.0 Å². The van der Waals surface area contributed by atoms with E-state index in [1.165, 1.54) is 6.20 Å². The fraction of sp³-hybridized carbons (Fsp3) is 0.273. The molecule has 15 heavy (non-hydrogen) atoms. The molecule has 0 saturated heterocycles. The van der Waals surface area contributed by atoms with Crippen molar-refractivity contribution in [3.05, 3.63) is 29.7 Å². The normalized spacial score (nSPS) is 11.1. The zero-order chi connectivity index (χ0) is 11.0. The Kier molecular flexibility index (Phi) is 2.19. The third-order valence-corrected chi connectivity index (χ3v) is 2.41. The molecule has 2 heterocycles. The first-order valence-corrected chi connectivity index (χ1v) is 4.80. The van der Waals surface area contributed by atoms with Gasteiger partial charge in [-0.25, -0.2) is 4.79 Å². The number of aromatic nitrogens is 2. The van der Waals surface area contributed by atoms with Gasteiger partial charge >= 0.3 is 5.97 Å². The molecule has 4 heteroatoms. The van der Waals surface area contributed by atoms with E-state index in [2.05, 4.69) is 9.97 Å². The molecule has 2 aromatic rings. The summed E-state index contributed by atoms with van der Waals surface area (Å²) < 4.78 is 0. The fourth-order valence-corrected chi connectivity index (χ4v) is 1.53. The summed E-state index contributed by atoms with van der Waals surface area (Å²) in [6.45, 7) is 4.06. The third-order valence-electron chi connectivity index (χ3n) is 2.41. The molecule has 78 valence electrons. The lowest BCUT2D eigenvalue weighted by atomic mass is 10.1. The second kappa shape index (κ2) is 3.38. The molecule has 0 unspecified atom stereocenters. The molecule has 2 aromatic heterocycles. The van der Waals surface area contributed by atoms with E-state index in [0.717, 1.165) is 16.6 Å². The van der Waals surface area contributed by atoms with Crippen molar-refractivity contribution < 1.29 is 9.90 Å². The summed E-state index contributed by atoms with van der Waals surface area (Å²) in [5.74, 6) is -0.617. The third kappa shape index (κ3) is 1.58. The van der Waals surface area contributed by atoms with Gasteiger partial charge in [0.1, 0.15) is 0 Å². The monoisotopic (exact) mass is 204 g/mol. The summed E-state index contributed by atoms with van der Waals surface area (Å²) in [4.78, 5) is 18.1. The van der Waals surface area contributed by atoms with Crippen molar-refractivity contribution in [1.29, 1.82) is 0 Å². The van der Waals surface area contributed by atoms with Crippen LogP contribution in [0, 0.1) is 0 Å². The number of rotatable bonds is 2. The van der Waals surface area contributed by atoms with Gasteiger partial charge in [0.15, 0.2) is 0 Å². The number of carboxylic acids is 1. The summed E-state index contributed by atoms with van der Waals surface area (Å²) >= 11 is 0. The van der Waals surface area contributed by atoms with Crippen LogP contribution in [0.5, 0.6) is 0 Å². The van der Waals surface area contributed by atoms with Crippen molar-refractivity contribution in [2.75, 3.05) is 0 Å². The largest absolute Gasteiger partial charge is 0.478 e. The van der Waals surface area contributed by atoms with Gasteiger partial charge in [0.25, 0.3) is 0 Å². The van der Waals surface area contributed by atoms with E-state index < -0.39 is 5.97 Å². The number of pyridine rings is 1. The molecule has 0 aliphatic heterocycles. The lowest BCUT2D eigenvalue weighted by Gasteiger charge is -2.03. The van der Waals surface area contributed by atoms with Crippen molar-refractivity contribution in [2.24, 2.45) is 0 Å². The molecular weight excluding hydrogens is 192 g/mol. The van der Waals surface area contributed by atoms with E-state index in [1.54, 1.807) is 6.20 Å². The van der Waals surface area contributed by atoms with E-state index in [-0.39, 0.29) is 0 Å². The molecule has 2 N–H and O–H groups in total. The van der Waals surface area contributed by atoms with E-state index in [0.29, 0.717) is 11.5 Å². The molecule has 2 rings (SSSR count). The van der Waals surface area contributed by atoms with Crippen LogP contribution >= 0.6 is 0 Å². The fourth-order valence-electron chi connectivity index (χ4n) is 1.53. The molecule has 4 nitrogen and oxygen atoms in total. The van der Waals surface area contributed by atoms with Crippen molar-refractivity contribution in [2.45, 2.75) is 19.8 Å². The second-order valence-corrected chi connectivity index (χ2v) is 3.82. The number of carbonyl (C=O) groups is 1. The first kappa shape index (κ1) is 9.71. The average molecular weight is 204 g/mol. The first-order chi connectivity index (χ1) is 7.09. The van der Waals surface area contributed by atoms with Crippen LogP contribution in [-0.4, -0.2) is 21.0 Å². The Labute approximate surface area is 87.0 Å². The van der Waals surface area contributed by atoms with Crippen LogP contribution in [0.1, 0.15) is 35.8 Å². The second-order valence-electron chi connectivity index (χ2n) is 3.82. The van der Waals surface area contributed by atoms with Crippen molar-refractivity contribution in [1.82, 2.24) is 9.97 Å². The zero-order valence-electron chi connectivity index (χ0n) is 8.61. The highest BCUT2D eigenvalue weighted by Gasteiger charge is 2.12. The summed E-state index contributed by atoms with van der Waals surface area (Å²) in [6.07, 6.45) is 3.18. The average Bonchev–Trinajstić information content (AvgIpc) is 2.59. The van der Waals surface area contributed by atoms with Gasteiger partial charge in [-0.1, -0.05) is 13.8 Å². The van der Waals surface area contributed by atoms with Gasteiger partial charge in [-0.2, -0.15) is 0 Å². The quantitative estimate of drug-likeness (QED) is 0.789. The van der Waals surface area contributed by atoms with E-state index in [9.17, 15) is 4.79 Å². The Morgan fingerprint density at radius 2 is 2.27 bits per heavy atom. The van der Waals surface area contributed by atoms with E-state index in [4.69, 9.17) is 5.11 Å². The van der Waals surface area contributed by atoms with Gasteiger partial charge in [0.05, 0.1) is 17.3 Å². The minimum atomic E-state index is -0.915. The van der Waals surface area contributed by atoms with E-state index in [1.807, 2.05) is 19.9 Å². The lowest BCUT2D eigenvalue weighted by Crippen LogP contribution is -1.96. The van der Waals surface area contributed by atoms with Crippen LogP contribution in [0.15, 0.2) is 18.5 Å². The number of hydrogen-bond acceptors (Lipinski definition) is 2. The van der Waals surface area contributed by atoms with Crippen LogP contribution in [0.4, 0.5) is 0 Å². The van der Waals surface area contributed by atoms with Gasteiger partial charge in [-0.15, -0.1) is 0 Å². The molecule has 0 spiro atoms. The molecule has 0 saturated carbocycles. The SMILES string of the molecule is CC(C)c1cc2c(C(=O)O)c[nH]c2cn1. The van der Waals surface area contributed by atoms with Gasteiger partial charge in [0.2, 0.25) is 0 Å². The van der Waals surface area contributed by atoms with Gasteiger partial charge < -0.3 is 10.1 Å². The number of carboxylic acid groups (broad SMARTS) is 1. The maximum atomic E-state index is 10.9. The zero-order valence-corrected chi connectivity index (χ0v) is 8.61. The first-order valence-electron chi connectivity index (χ1n) is 4.80. The Bertz CT molecular complexity index is 514. The summed E-state index contributed by atoms with van der Waals surface area (Å²) in [5.41, 5.74) is 1.97. The molecule has 0 bridgehead atoms. The smallest absolute Gasteiger partial charge is 0.337 e. The topological polar surface area (TPSA) is 66.0 Å². The predicted molar refractivity (Wildman–Crippen MR) is 57.1 cm³/mol. The van der Waals surface area contributed by atoms with Crippen molar-refractivity contribution in [3.63, 3.8) is 0 Å². The Morgan fingerprint density at radius 3 is 2.87 bits per heavy atom. The van der Waals surface area contributed by atoms with Crippen LogP contribution in [0.3, 0.4) is 0 Å². The Morgan fingerprint density at radius 1 is 1.53 bits per heavy atom. The summed E-state index contributed by atoms with van der Waals surface area (Å²) in [5, 5.41) is 9.68. The van der Waals surface area contributed by atoms with Gasteiger partial charge in [0, 0.05) is 17.3 Å². The lowest BCUT2D eigenvalue weighted by molar-refractivity contribution is 0.0699. The number of aromatic amines is 1. The molecule has 0 aliphatic carbocycles. The van der Waals surface area contributed by atoms with Crippen LogP contribution in [-0.2, 0) is 0 Å². The molecule has 0 atom stereocenters. The predicted octanol–water partition coefficient (Wildman–Crippen LogP) is 2.38. The Hall–Kier alpha value is -1.84. The molecule has 0 amide bonds. The van der Waals surface area contributed by atoms with Gasteiger partial charge in [-0.3, -0.25) is 4.98 Å². The highest BCUT2D eigenvalue weighted by atomic mass is 16.4. The molecule has 0 aliphatic rings.